The van der Waals surface area contributed by atoms with Gasteiger partial charge in [-0.05, 0) is 61.4 Å². The fraction of sp³-hybridized carbons (Fsp3) is 0.364. The molecule has 1 aliphatic heterocycles. The number of aromatic amines is 1. The number of nitrogens with one attached hydrogen (secondary N) is 1. The minimum absolute atomic E-state index is 0.139. The highest BCUT2D eigenvalue weighted by atomic mass is 16.5. The zero-order valence-corrected chi connectivity index (χ0v) is 23.9. The zero-order valence-electron chi connectivity index (χ0n) is 23.9. The highest BCUT2D eigenvalue weighted by Crippen LogP contribution is 2.43. The Morgan fingerprint density at radius 3 is 2.72 bits per heavy atom. The monoisotopic (exact) mass is 575 g/mol. The third kappa shape index (κ3) is 4.66. The number of carbonyl (C=O) groups excluding carboxylic acids is 1. The number of benzene rings is 2. The van der Waals surface area contributed by atoms with Crippen molar-refractivity contribution in [2.45, 2.75) is 63.5 Å². The predicted octanol–water partition coefficient (Wildman–Crippen LogP) is 5.80. The smallest absolute Gasteiger partial charge is 0.262 e. The third-order valence-corrected chi connectivity index (χ3v) is 9.07. The molecule has 2 aliphatic carbocycles. The number of rotatable bonds is 6. The fourth-order valence-corrected chi connectivity index (χ4v) is 6.62. The molecular weight excluding hydrogens is 542 g/mol. The largest absolute Gasteiger partial charge is 0.491 e. The maximum Gasteiger partial charge on any atom is 0.262 e. The van der Waals surface area contributed by atoms with Gasteiger partial charge in [0.05, 0.1) is 48.0 Å². The molecule has 10 nitrogen and oxygen atoms in total. The number of nitrogens with zero attached hydrogens (tertiary/aromatic N) is 6. The van der Waals surface area contributed by atoms with Crippen molar-refractivity contribution in [3.05, 3.63) is 71.7 Å². The fourth-order valence-electron chi connectivity index (χ4n) is 6.62. The minimum atomic E-state index is -0.262. The number of anilines is 1. The molecule has 2 aromatic carbocycles. The summed E-state index contributed by atoms with van der Waals surface area (Å²) in [6.07, 6.45) is 11.6. The summed E-state index contributed by atoms with van der Waals surface area (Å²) in [5.74, 6) is 1.07. The average Bonchev–Trinajstić information content (AvgIpc) is 3.66. The van der Waals surface area contributed by atoms with Crippen molar-refractivity contribution in [1.82, 2.24) is 29.9 Å². The van der Waals surface area contributed by atoms with Crippen LogP contribution in [0.15, 0.2) is 55.0 Å². The molecule has 3 aliphatic rings. The molecule has 4 heterocycles. The van der Waals surface area contributed by atoms with Gasteiger partial charge in [0.25, 0.3) is 5.91 Å². The maximum absolute atomic E-state index is 13.9. The average molecular weight is 576 g/mol. The van der Waals surface area contributed by atoms with Gasteiger partial charge < -0.3 is 19.7 Å². The number of hydrogen-bond acceptors (Lipinski definition) is 7. The van der Waals surface area contributed by atoms with Gasteiger partial charge in [-0.3, -0.25) is 4.79 Å². The summed E-state index contributed by atoms with van der Waals surface area (Å²) >= 11 is 0. The maximum atomic E-state index is 13.9. The van der Waals surface area contributed by atoms with E-state index in [1.54, 1.807) is 11.1 Å². The first-order chi connectivity index (χ1) is 21.2. The summed E-state index contributed by atoms with van der Waals surface area (Å²) in [6, 6.07) is 14.0. The van der Waals surface area contributed by atoms with E-state index in [0.29, 0.717) is 59.0 Å². The van der Waals surface area contributed by atoms with Crippen LogP contribution in [0.2, 0.25) is 0 Å². The van der Waals surface area contributed by atoms with Crippen LogP contribution in [0.1, 0.15) is 78.4 Å². The van der Waals surface area contributed by atoms with Crippen LogP contribution < -0.4 is 9.64 Å². The van der Waals surface area contributed by atoms with Gasteiger partial charge in [-0.2, -0.15) is 15.0 Å². The molecule has 8 rings (SSSR count). The molecule has 43 heavy (non-hydrogen) atoms. The Morgan fingerprint density at radius 1 is 1.00 bits per heavy atom. The van der Waals surface area contributed by atoms with Crippen LogP contribution in [0.3, 0.4) is 0 Å². The third-order valence-electron chi connectivity index (χ3n) is 9.07. The zero-order chi connectivity index (χ0) is 28.9. The van der Waals surface area contributed by atoms with E-state index < -0.39 is 0 Å². The first-order valence-electron chi connectivity index (χ1n) is 15.3. The number of ether oxygens (including phenoxy) is 1. The number of carbonyl (C=O) groups is 1. The van der Waals surface area contributed by atoms with E-state index in [9.17, 15) is 9.90 Å². The van der Waals surface area contributed by atoms with Crippen LogP contribution in [-0.2, 0) is 6.61 Å². The van der Waals surface area contributed by atoms with Gasteiger partial charge in [0.2, 0.25) is 0 Å². The highest BCUT2D eigenvalue weighted by molar-refractivity contribution is 6.09. The van der Waals surface area contributed by atoms with Crippen molar-refractivity contribution in [3.8, 4) is 28.4 Å². The van der Waals surface area contributed by atoms with Gasteiger partial charge >= 0.3 is 0 Å². The van der Waals surface area contributed by atoms with E-state index in [4.69, 9.17) is 9.84 Å². The summed E-state index contributed by atoms with van der Waals surface area (Å²) in [7, 11) is 0. The summed E-state index contributed by atoms with van der Waals surface area (Å²) in [5, 5.41) is 20.9. The molecule has 218 valence electrons. The van der Waals surface area contributed by atoms with Gasteiger partial charge in [-0.15, -0.1) is 0 Å². The molecule has 2 saturated carbocycles. The Kier molecular flexibility index (Phi) is 6.44. The van der Waals surface area contributed by atoms with E-state index in [1.165, 1.54) is 44.0 Å². The second-order valence-electron chi connectivity index (χ2n) is 11.8. The second kappa shape index (κ2) is 10.6. The highest BCUT2D eigenvalue weighted by Gasteiger charge is 2.30. The molecule has 3 aromatic heterocycles. The number of amides is 1. The lowest BCUT2D eigenvalue weighted by Crippen LogP contribution is -2.33. The van der Waals surface area contributed by atoms with Crippen LogP contribution in [-0.4, -0.2) is 54.1 Å². The molecule has 0 spiro atoms. The lowest BCUT2D eigenvalue weighted by molar-refractivity contribution is 0.0989. The van der Waals surface area contributed by atoms with Crippen molar-refractivity contribution in [3.63, 3.8) is 0 Å². The summed E-state index contributed by atoms with van der Waals surface area (Å²) < 4.78 is 6.06. The molecule has 0 saturated heterocycles. The Labute approximate surface area is 248 Å². The van der Waals surface area contributed by atoms with Crippen LogP contribution >= 0.6 is 0 Å². The van der Waals surface area contributed by atoms with Crippen LogP contribution in [0.5, 0.6) is 5.75 Å². The van der Waals surface area contributed by atoms with Crippen molar-refractivity contribution in [2.75, 3.05) is 18.1 Å². The van der Waals surface area contributed by atoms with Crippen molar-refractivity contribution in [2.24, 2.45) is 0 Å². The molecule has 0 atom stereocenters. The Balaban J connectivity index is 1.16. The summed E-state index contributed by atoms with van der Waals surface area (Å²) in [5.41, 5.74) is 6.68. The molecule has 0 bridgehead atoms. The molecule has 2 N–H and O–H groups in total. The lowest BCUT2D eigenvalue weighted by Gasteiger charge is -2.24. The molecule has 5 aromatic rings. The predicted molar refractivity (Wildman–Crippen MR) is 162 cm³/mol. The second-order valence-corrected chi connectivity index (χ2v) is 11.8. The molecular formula is C33H33N7O3. The summed E-state index contributed by atoms with van der Waals surface area (Å²) in [6.45, 7) is 0.470. The van der Waals surface area contributed by atoms with Gasteiger partial charge in [0.1, 0.15) is 30.0 Å². The molecule has 10 heteroatoms. The van der Waals surface area contributed by atoms with E-state index in [1.807, 2.05) is 47.3 Å². The first-order valence-corrected chi connectivity index (χ1v) is 15.3. The van der Waals surface area contributed by atoms with Crippen molar-refractivity contribution in [1.29, 1.82) is 0 Å². The topological polar surface area (TPSA) is 122 Å². The molecule has 2 fully saturated rings. The quantitative estimate of drug-likeness (QED) is 0.262. The van der Waals surface area contributed by atoms with E-state index >= 15 is 0 Å². The van der Waals surface area contributed by atoms with E-state index in [2.05, 4.69) is 20.1 Å². The van der Waals surface area contributed by atoms with Gasteiger partial charge in [0, 0.05) is 16.5 Å². The molecule has 0 unspecified atom stereocenters. The van der Waals surface area contributed by atoms with E-state index in [0.717, 1.165) is 35.2 Å². The molecule has 1 amide bonds. The SMILES string of the molecule is O=C1c2ccc(C3CC3)cc2OCCN1c1cccc(-c2ncnc3[nH]c(-c4cnn(C5CCCCC5)n4)cc23)c1CO. The summed E-state index contributed by atoms with van der Waals surface area (Å²) in [4.78, 5) is 29.9. The number of H-pyrrole nitrogens is 1. The standard InChI is InChI=1S/C33H33N7O3/c41-18-26-23(7-4-8-29(26)39-13-14-43-30-15-21(20-9-10-20)11-12-24(30)33(39)42)31-25-16-27(37-32(25)35-19-34-31)28-17-36-40(38-28)22-5-2-1-3-6-22/h4,7-8,11-12,15-17,19-20,22,41H,1-3,5-6,9-10,13-14,18H2,(H,34,35,37). The van der Waals surface area contributed by atoms with Crippen LogP contribution in [0.25, 0.3) is 33.7 Å². The number of aliphatic hydroxyl groups is 1. The Hall–Kier alpha value is -4.57. The lowest BCUT2D eigenvalue weighted by atomic mass is 9.96. The number of hydrogen-bond donors (Lipinski definition) is 2. The van der Waals surface area contributed by atoms with Gasteiger partial charge in [0.15, 0.2) is 0 Å². The van der Waals surface area contributed by atoms with Crippen molar-refractivity contribution < 1.29 is 14.6 Å². The van der Waals surface area contributed by atoms with Crippen LogP contribution in [0, 0.1) is 0 Å². The minimum Gasteiger partial charge on any atom is -0.491 e. The first kappa shape index (κ1) is 26.1. The van der Waals surface area contributed by atoms with Gasteiger partial charge in [-0.25, -0.2) is 9.97 Å². The number of fused-ring (bicyclic) bond motifs is 2. The van der Waals surface area contributed by atoms with Crippen molar-refractivity contribution >= 4 is 22.6 Å². The van der Waals surface area contributed by atoms with Gasteiger partial charge in [-0.1, -0.05) is 37.5 Å². The normalized spacial score (nSPS) is 17.6. The Bertz CT molecular complexity index is 1830. The Morgan fingerprint density at radius 2 is 1.88 bits per heavy atom. The van der Waals surface area contributed by atoms with E-state index in [-0.39, 0.29) is 12.5 Å². The molecule has 0 radical (unpaired) electrons. The number of aromatic nitrogens is 6. The van der Waals surface area contributed by atoms with Crippen LogP contribution in [0.4, 0.5) is 5.69 Å². The number of aliphatic hydroxyl groups excluding tert-OH is 1.